The number of hydrogen-bond acceptors (Lipinski definition) is 8. The van der Waals surface area contributed by atoms with Crippen LogP contribution < -0.4 is 15.5 Å². The minimum atomic E-state index is -0.543. The number of nitrogens with one attached hydrogen (secondary N) is 3. The highest BCUT2D eigenvalue weighted by atomic mass is 35.5. The third-order valence-corrected chi connectivity index (χ3v) is 4.10. The van der Waals surface area contributed by atoms with Gasteiger partial charge in [-0.25, -0.2) is 9.38 Å². The molecule has 0 radical (unpaired) electrons. The Hall–Kier alpha value is -1.43. The summed E-state index contributed by atoms with van der Waals surface area (Å²) >= 11 is 7.31. The van der Waals surface area contributed by atoms with E-state index in [1.165, 1.54) is 23.3 Å². The summed E-state index contributed by atoms with van der Waals surface area (Å²) in [6, 6.07) is 3.99. The monoisotopic (exact) mass is 390 g/mol. The lowest BCUT2D eigenvalue weighted by Crippen LogP contribution is -2.50. The van der Waals surface area contributed by atoms with Crippen LogP contribution in [0, 0.1) is 5.82 Å². The Morgan fingerprint density at radius 3 is 3.00 bits per heavy atom. The number of benzene rings is 1. The normalized spacial score (nSPS) is 18.2. The lowest BCUT2D eigenvalue weighted by Gasteiger charge is -2.19. The fourth-order valence-electron chi connectivity index (χ4n) is 2.10. The van der Waals surface area contributed by atoms with Crippen molar-refractivity contribution in [1.29, 1.82) is 0 Å². The molecular formula is C14H20ClFN6O2S. The van der Waals surface area contributed by atoms with Crippen LogP contribution >= 0.6 is 23.5 Å². The summed E-state index contributed by atoms with van der Waals surface area (Å²) < 4.78 is 16.4. The van der Waals surface area contributed by atoms with Crippen molar-refractivity contribution < 1.29 is 14.5 Å². The van der Waals surface area contributed by atoms with Crippen LogP contribution in [0.2, 0.25) is 5.02 Å². The van der Waals surface area contributed by atoms with E-state index >= 15 is 0 Å². The van der Waals surface area contributed by atoms with Gasteiger partial charge in [0.15, 0.2) is 11.5 Å². The minimum Gasteiger partial charge on any atom is -0.295 e. The first-order chi connectivity index (χ1) is 12.1. The van der Waals surface area contributed by atoms with Gasteiger partial charge in [-0.1, -0.05) is 33.8 Å². The second-order valence-electron chi connectivity index (χ2n) is 5.08. The fourth-order valence-corrected chi connectivity index (χ4v) is 2.62. The fraction of sp³-hybridized carbons (Fsp3) is 0.429. The SMILES string of the molecule is CSNCCCNC1C(C(=Nc2ccc(F)c(Cl)c2)NO)=NON1C. The number of oxime groups is 1. The molecule has 1 aliphatic rings. The first kappa shape index (κ1) is 19.9. The summed E-state index contributed by atoms with van der Waals surface area (Å²) in [5.74, 6) is -0.467. The van der Waals surface area contributed by atoms with Crippen molar-refractivity contribution in [1.82, 2.24) is 20.6 Å². The zero-order valence-electron chi connectivity index (χ0n) is 13.8. The van der Waals surface area contributed by atoms with Gasteiger partial charge in [0.2, 0.25) is 0 Å². The van der Waals surface area contributed by atoms with Gasteiger partial charge < -0.3 is 0 Å². The van der Waals surface area contributed by atoms with Crippen molar-refractivity contribution >= 4 is 40.8 Å². The molecule has 0 aliphatic carbocycles. The Labute approximate surface area is 154 Å². The van der Waals surface area contributed by atoms with Crippen molar-refractivity contribution in [2.45, 2.75) is 12.6 Å². The molecule has 0 fully saturated rings. The Morgan fingerprint density at radius 2 is 2.32 bits per heavy atom. The summed E-state index contributed by atoms with van der Waals surface area (Å²) in [4.78, 5) is 9.36. The summed E-state index contributed by atoms with van der Waals surface area (Å²) in [6.45, 7) is 1.55. The number of aliphatic imine (C=N–C) groups is 1. The molecule has 2 rings (SSSR count). The summed E-state index contributed by atoms with van der Waals surface area (Å²) in [5, 5.41) is 18.1. The molecule has 0 spiro atoms. The van der Waals surface area contributed by atoms with Gasteiger partial charge in [0.25, 0.3) is 0 Å². The average molecular weight is 391 g/mol. The van der Waals surface area contributed by atoms with E-state index in [-0.39, 0.29) is 10.9 Å². The van der Waals surface area contributed by atoms with Crippen molar-refractivity contribution in [3.63, 3.8) is 0 Å². The predicted octanol–water partition coefficient (Wildman–Crippen LogP) is 1.89. The number of rotatable bonds is 8. The number of amidine groups is 1. The number of halogens is 2. The largest absolute Gasteiger partial charge is 0.295 e. The van der Waals surface area contributed by atoms with Gasteiger partial charge in [0.1, 0.15) is 12.0 Å². The van der Waals surface area contributed by atoms with E-state index in [0.29, 0.717) is 17.9 Å². The van der Waals surface area contributed by atoms with Gasteiger partial charge in [0.05, 0.1) is 10.7 Å². The molecule has 138 valence electrons. The molecule has 1 heterocycles. The number of hydrogen-bond donors (Lipinski definition) is 4. The number of nitrogens with zero attached hydrogens (tertiary/aromatic N) is 3. The predicted molar refractivity (Wildman–Crippen MR) is 97.6 cm³/mol. The molecule has 25 heavy (non-hydrogen) atoms. The van der Waals surface area contributed by atoms with Crippen molar-refractivity contribution in [2.24, 2.45) is 10.1 Å². The summed E-state index contributed by atoms with van der Waals surface area (Å²) in [6.07, 6.45) is 2.46. The second kappa shape index (κ2) is 9.90. The molecule has 0 saturated carbocycles. The molecule has 0 amide bonds. The molecule has 1 aromatic carbocycles. The second-order valence-corrected chi connectivity index (χ2v) is 6.19. The minimum absolute atomic E-state index is 0.0590. The van der Waals surface area contributed by atoms with Crippen LogP contribution in [0.25, 0.3) is 0 Å². The van der Waals surface area contributed by atoms with E-state index in [9.17, 15) is 9.60 Å². The van der Waals surface area contributed by atoms with Crippen LogP contribution in [0.5, 0.6) is 0 Å². The molecule has 1 aliphatic heterocycles. The van der Waals surface area contributed by atoms with Crippen LogP contribution in [-0.2, 0) is 4.94 Å². The van der Waals surface area contributed by atoms with E-state index in [2.05, 4.69) is 20.2 Å². The summed E-state index contributed by atoms with van der Waals surface area (Å²) in [5.41, 5.74) is 2.74. The van der Waals surface area contributed by atoms with Crippen LogP contribution in [0.15, 0.2) is 28.3 Å². The highest BCUT2D eigenvalue weighted by Gasteiger charge is 2.32. The zero-order chi connectivity index (χ0) is 18.2. The van der Waals surface area contributed by atoms with E-state index in [4.69, 9.17) is 16.5 Å². The van der Waals surface area contributed by atoms with Gasteiger partial charge in [-0.3, -0.25) is 25.7 Å². The standard InChI is InChI=1S/C14H20ClFN6O2S/c1-22-14(17-6-3-7-18-25-2)12(21-24-22)13(20-23)19-9-4-5-11(16)10(15)8-9/h4-5,8,14,17-18,23H,3,6-7H2,1-2H3,(H,19,20). The first-order valence-corrected chi connectivity index (χ1v) is 9.08. The molecule has 1 atom stereocenters. The molecule has 0 saturated heterocycles. The van der Waals surface area contributed by atoms with E-state index in [1.54, 1.807) is 19.0 Å². The van der Waals surface area contributed by atoms with E-state index in [1.807, 2.05) is 11.7 Å². The Balaban J connectivity index is 2.08. The molecule has 8 nitrogen and oxygen atoms in total. The van der Waals surface area contributed by atoms with Gasteiger partial charge in [-0.05, 0) is 37.4 Å². The lowest BCUT2D eigenvalue weighted by atomic mass is 10.2. The van der Waals surface area contributed by atoms with Crippen LogP contribution in [0.3, 0.4) is 0 Å². The topological polar surface area (TPSA) is 93.5 Å². The highest BCUT2D eigenvalue weighted by molar-refractivity contribution is 7.96. The third-order valence-electron chi connectivity index (χ3n) is 3.32. The Kier molecular flexibility index (Phi) is 7.88. The molecule has 11 heteroatoms. The smallest absolute Gasteiger partial charge is 0.178 e. The van der Waals surface area contributed by atoms with Gasteiger partial charge >= 0.3 is 0 Å². The highest BCUT2D eigenvalue weighted by Crippen LogP contribution is 2.22. The number of hydroxylamine groups is 3. The van der Waals surface area contributed by atoms with Crippen LogP contribution in [0.4, 0.5) is 10.1 Å². The van der Waals surface area contributed by atoms with Crippen molar-refractivity contribution in [2.75, 3.05) is 26.4 Å². The quantitative estimate of drug-likeness (QED) is 0.177. The summed E-state index contributed by atoms with van der Waals surface area (Å²) in [7, 11) is 1.71. The zero-order valence-corrected chi connectivity index (χ0v) is 15.4. The van der Waals surface area contributed by atoms with Crippen LogP contribution in [0.1, 0.15) is 6.42 Å². The molecule has 1 aromatic rings. The van der Waals surface area contributed by atoms with Gasteiger partial charge in [-0.15, -0.1) is 0 Å². The molecule has 1 unspecified atom stereocenters. The average Bonchev–Trinajstić information content (AvgIpc) is 2.96. The molecule has 4 N–H and O–H groups in total. The van der Waals surface area contributed by atoms with Gasteiger partial charge in [0, 0.05) is 13.6 Å². The molecular weight excluding hydrogens is 371 g/mol. The first-order valence-electron chi connectivity index (χ1n) is 7.48. The van der Waals surface area contributed by atoms with E-state index < -0.39 is 12.0 Å². The maximum atomic E-state index is 13.2. The molecule has 0 aromatic heterocycles. The van der Waals surface area contributed by atoms with Crippen LogP contribution in [-0.4, -0.2) is 54.4 Å². The third kappa shape index (κ3) is 5.53. The molecule has 0 bridgehead atoms. The lowest BCUT2D eigenvalue weighted by molar-refractivity contribution is -0.137. The van der Waals surface area contributed by atoms with Crippen molar-refractivity contribution in [3.8, 4) is 0 Å². The van der Waals surface area contributed by atoms with E-state index in [0.717, 1.165) is 13.0 Å². The van der Waals surface area contributed by atoms with Gasteiger partial charge in [-0.2, -0.15) is 0 Å². The Bertz CT molecular complexity index is 648. The maximum Gasteiger partial charge on any atom is 0.178 e. The van der Waals surface area contributed by atoms with Crippen molar-refractivity contribution in [3.05, 3.63) is 29.0 Å². The maximum absolute atomic E-state index is 13.2. The Morgan fingerprint density at radius 1 is 1.52 bits per heavy atom.